The molecule has 0 fully saturated rings. The van der Waals surface area contributed by atoms with Gasteiger partial charge in [0.25, 0.3) is 0 Å². The first kappa shape index (κ1) is 6.88. The average molecular weight is 104 g/mol. The van der Waals surface area contributed by atoms with Gasteiger partial charge in [-0.05, 0) is 6.92 Å². The molecule has 0 rings (SSSR count). The summed E-state index contributed by atoms with van der Waals surface area (Å²) in [5.41, 5.74) is 4.92. The maximum Gasteiger partial charge on any atom is 0.0920 e. The Morgan fingerprint density at radius 3 is 2.00 bits per heavy atom. The van der Waals surface area contributed by atoms with E-state index >= 15 is 0 Å². The molecule has 0 aromatic carbocycles. The fourth-order valence-electron chi connectivity index (χ4n) is 0.157. The fraction of sp³-hybridized carbons (Fsp3) is 0.750. The minimum Gasteiger partial charge on any atom is -0.390 e. The number of rotatable bonds is 2. The minimum absolute atomic E-state index is 0.0602. The van der Waals surface area contributed by atoms with Gasteiger partial charge in [-0.25, -0.2) is 0 Å². The number of aliphatic hydroxyl groups is 2. The van der Waals surface area contributed by atoms with Crippen LogP contribution in [0.25, 0.3) is 0 Å². The summed E-state index contributed by atoms with van der Waals surface area (Å²) in [4.78, 5) is 0. The second-order valence-corrected chi connectivity index (χ2v) is 1.37. The van der Waals surface area contributed by atoms with Crippen LogP contribution in [0.2, 0.25) is 0 Å². The maximum atomic E-state index is 8.50. The van der Waals surface area contributed by atoms with Crippen molar-refractivity contribution in [3.63, 3.8) is 0 Å². The molecule has 43 valence electrons. The van der Waals surface area contributed by atoms with Gasteiger partial charge in [-0.3, -0.25) is 0 Å². The molecule has 0 saturated carbocycles. The summed E-state index contributed by atoms with van der Waals surface area (Å²) in [5.74, 6) is 0. The van der Waals surface area contributed by atoms with E-state index in [0.29, 0.717) is 0 Å². The molecule has 7 heavy (non-hydrogen) atoms. The molecule has 0 spiro atoms. The molecule has 0 bridgehead atoms. The Balaban J connectivity index is 3.14. The van der Waals surface area contributed by atoms with E-state index in [0.717, 1.165) is 0 Å². The van der Waals surface area contributed by atoms with Gasteiger partial charge in [-0.2, -0.15) is 0 Å². The Bertz CT molecular complexity index is 47.0. The van der Waals surface area contributed by atoms with Gasteiger partial charge in [0.05, 0.1) is 12.2 Å². The summed E-state index contributed by atoms with van der Waals surface area (Å²) >= 11 is 0. The molecule has 2 atom stereocenters. The predicted octanol–water partition coefficient (Wildman–Crippen LogP) is -1.50. The summed E-state index contributed by atoms with van der Waals surface area (Å²) in [5, 5.41) is 16.9. The van der Waals surface area contributed by atoms with Gasteiger partial charge in [0.1, 0.15) is 0 Å². The largest absolute Gasteiger partial charge is 0.390 e. The highest BCUT2D eigenvalue weighted by atomic mass is 16.3. The summed E-state index contributed by atoms with van der Waals surface area (Å²) < 4.78 is 0. The van der Waals surface area contributed by atoms with Crippen LogP contribution in [0.15, 0.2) is 0 Å². The Morgan fingerprint density at radius 1 is 1.57 bits per heavy atom. The zero-order valence-electron chi connectivity index (χ0n) is 4.04. The van der Waals surface area contributed by atoms with Gasteiger partial charge in [0, 0.05) is 6.54 Å². The Labute approximate surface area is 42.8 Å². The molecule has 0 amide bonds. The lowest BCUT2D eigenvalue weighted by molar-refractivity contribution is 0.0533. The van der Waals surface area contributed by atoms with Crippen LogP contribution in [-0.4, -0.2) is 29.0 Å². The molecule has 4 N–H and O–H groups in total. The molecular formula is C4H10NO2. The molecule has 0 aliphatic rings. The molecule has 3 heteroatoms. The topological polar surface area (TPSA) is 66.5 Å². The molecule has 0 aliphatic heterocycles. The molecular weight excluding hydrogens is 94.0 g/mol. The van der Waals surface area contributed by atoms with Gasteiger partial charge in [-0.15, -0.1) is 0 Å². The predicted molar refractivity (Wildman–Crippen MR) is 26.4 cm³/mol. The smallest absolute Gasteiger partial charge is 0.0920 e. The summed E-state index contributed by atoms with van der Waals surface area (Å²) in [6, 6.07) is 0. The van der Waals surface area contributed by atoms with Crippen LogP contribution in [0.5, 0.6) is 0 Å². The van der Waals surface area contributed by atoms with Crippen LogP contribution in [0.3, 0.4) is 0 Å². The molecule has 0 heterocycles. The number of hydrogen-bond acceptors (Lipinski definition) is 3. The Morgan fingerprint density at radius 2 is 2.00 bits per heavy atom. The molecule has 0 aromatic rings. The van der Waals surface area contributed by atoms with Crippen LogP contribution >= 0.6 is 0 Å². The van der Waals surface area contributed by atoms with Crippen LogP contribution in [0.4, 0.5) is 0 Å². The fourth-order valence-corrected chi connectivity index (χ4v) is 0.157. The van der Waals surface area contributed by atoms with Gasteiger partial charge in [0.2, 0.25) is 0 Å². The van der Waals surface area contributed by atoms with Crippen molar-refractivity contribution in [2.45, 2.75) is 12.2 Å². The van der Waals surface area contributed by atoms with Crippen LogP contribution in [0, 0.1) is 6.92 Å². The van der Waals surface area contributed by atoms with Gasteiger partial charge in [-0.1, -0.05) is 0 Å². The van der Waals surface area contributed by atoms with Gasteiger partial charge in [0.15, 0.2) is 0 Å². The first-order valence-electron chi connectivity index (χ1n) is 2.07. The van der Waals surface area contributed by atoms with Crippen molar-refractivity contribution in [3.05, 3.63) is 6.92 Å². The first-order chi connectivity index (χ1) is 3.18. The quantitative estimate of drug-likeness (QED) is 0.399. The zero-order chi connectivity index (χ0) is 5.86. The SMILES string of the molecule is [CH2]C(O)C(O)CN. The third-order valence-electron chi connectivity index (χ3n) is 0.686. The lowest BCUT2D eigenvalue weighted by Gasteiger charge is -2.08. The molecule has 0 saturated heterocycles. The second-order valence-electron chi connectivity index (χ2n) is 1.37. The highest BCUT2D eigenvalue weighted by Gasteiger charge is 2.05. The average Bonchev–Trinajstić information content (AvgIpc) is 1.65. The van der Waals surface area contributed by atoms with Crippen LogP contribution in [-0.2, 0) is 0 Å². The van der Waals surface area contributed by atoms with Gasteiger partial charge < -0.3 is 15.9 Å². The van der Waals surface area contributed by atoms with E-state index in [1.165, 1.54) is 0 Å². The molecule has 3 nitrogen and oxygen atoms in total. The maximum absolute atomic E-state index is 8.50. The van der Waals surface area contributed by atoms with Gasteiger partial charge >= 0.3 is 0 Å². The third kappa shape index (κ3) is 2.56. The van der Waals surface area contributed by atoms with Crippen molar-refractivity contribution in [1.82, 2.24) is 0 Å². The lowest BCUT2D eigenvalue weighted by Crippen LogP contribution is -2.30. The molecule has 0 aliphatic carbocycles. The zero-order valence-corrected chi connectivity index (χ0v) is 4.04. The molecule has 2 unspecified atom stereocenters. The van der Waals surface area contributed by atoms with Crippen molar-refractivity contribution >= 4 is 0 Å². The van der Waals surface area contributed by atoms with E-state index in [-0.39, 0.29) is 6.54 Å². The highest BCUT2D eigenvalue weighted by Crippen LogP contribution is 1.85. The van der Waals surface area contributed by atoms with Crippen LogP contribution < -0.4 is 5.73 Å². The van der Waals surface area contributed by atoms with E-state index in [1.54, 1.807) is 0 Å². The van der Waals surface area contributed by atoms with E-state index < -0.39 is 12.2 Å². The van der Waals surface area contributed by atoms with Crippen molar-refractivity contribution in [1.29, 1.82) is 0 Å². The van der Waals surface area contributed by atoms with Crippen molar-refractivity contribution in [2.24, 2.45) is 5.73 Å². The lowest BCUT2D eigenvalue weighted by atomic mass is 10.2. The monoisotopic (exact) mass is 104 g/mol. The number of aliphatic hydroxyl groups excluding tert-OH is 2. The van der Waals surface area contributed by atoms with Crippen molar-refractivity contribution in [2.75, 3.05) is 6.54 Å². The van der Waals surface area contributed by atoms with Crippen molar-refractivity contribution < 1.29 is 10.2 Å². The summed E-state index contributed by atoms with van der Waals surface area (Å²) in [6.45, 7) is 3.19. The first-order valence-corrected chi connectivity index (χ1v) is 2.07. The normalized spacial score (nSPS) is 18.9. The van der Waals surface area contributed by atoms with Crippen molar-refractivity contribution in [3.8, 4) is 0 Å². The molecule has 0 aromatic heterocycles. The highest BCUT2D eigenvalue weighted by molar-refractivity contribution is 4.68. The van der Waals surface area contributed by atoms with E-state index in [2.05, 4.69) is 6.92 Å². The van der Waals surface area contributed by atoms with E-state index in [9.17, 15) is 0 Å². The standard InChI is InChI=1S/C4H10NO2/c1-3(6)4(7)2-5/h3-4,6-7H,1-2,5H2. The van der Waals surface area contributed by atoms with E-state index in [4.69, 9.17) is 15.9 Å². The second kappa shape index (κ2) is 2.96. The Hall–Kier alpha value is -0.120. The Kier molecular flexibility index (Phi) is 2.91. The third-order valence-corrected chi connectivity index (χ3v) is 0.686. The minimum atomic E-state index is -0.954. The molecule has 1 radical (unpaired) electrons. The number of hydrogen-bond donors (Lipinski definition) is 3. The van der Waals surface area contributed by atoms with E-state index in [1.807, 2.05) is 0 Å². The summed E-state index contributed by atoms with van der Waals surface area (Å²) in [7, 11) is 0. The summed E-state index contributed by atoms with van der Waals surface area (Å²) in [6.07, 6.45) is -1.83. The number of nitrogens with two attached hydrogens (primary N) is 1. The van der Waals surface area contributed by atoms with Crippen LogP contribution in [0.1, 0.15) is 0 Å².